The van der Waals surface area contributed by atoms with Crippen LogP contribution in [0.1, 0.15) is 17.9 Å². The Kier molecular flexibility index (Phi) is 6.17. The van der Waals surface area contributed by atoms with E-state index >= 15 is 0 Å². The molecule has 8 heteroatoms. The van der Waals surface area contributed by atoms with Crippen LogP contribution in [0.25, 0.3) is 11.4 Å². The van der Waals surface area contributed by atoms with Crippen LogP contribution < -0.4 is 0 Å². The predicted molar refractivity (Wildman–Crippen MR) is 109 cm³/mol. The van der Waals surface area contributed by atoms with Crippen LogP contribution in [0.3, 0.4) is 0 Å². The molecule has 0 aliphatic carbocycles. The van der Waals surface area contributed by atoms with Gasteiger partial charge in [0.25, 0.3) is 0 Å². The Morgan fingerprint density at radius 3 is 2.62 bits per heavy atom. The summed E-state index contributed by atoms with van der Waals surface area (Å²) in [6.07, 6.45) is 4.47. The lowest BCUT2D eigenvalue weighted by Gasteiger charge is -2.34. The molecule has 1 amide bonds. The van der Waals surface area contributed by atoms with Gasteiger partial charge in [0.05, 0.1) is 0 Å². The van der Waals surface area contributed by atoms with Gasteiger partial charge in [-0.25, -0.2) is 0 Å². The van der Waals surface area contributed by atoms with Gasteiger partial charge in [-0.3, -0.25) is 14.7 Å². The maximum atomic E-state index is 12.5. The summed E-state index contributed by atoms with van der Waals surface area (Å²) in [6.45, 7) is 4.06. The first-order valence-electron chi connectivity index (χ1n) is 9.65. The second kappa shape index (κ2) is 9.15. The van der Waals surface area contributed by atoms with Crippen LogP contribution in [0.4, 0.5) is 0 Å². The van der Waals surface area contributed by atoms with Crippen molar-refractivity contribution in [2.45, 2.75) is 19.4 Å². The number of hydrogen-bond donors (Lipinski definition) is 0. The number of aromatic nitrogens is 3. The average Bonchev–Trinajstić information content (AvgIpc) is 3.23. The molecule has 0 spiro atoms. The number of carbonyl (C=O) groups excluding carboxylic acids is 1. The van der Waals surface area contributed by atoms with Gasteiger partial charge >= 0.3 is 0 Å². The summed E-state index contributed by atoms with van der Waals surface area (Å²) in [5, 5.41) is 4.65. The van der Waals surface area contributed by atoms with Crippen molar-refractivity contribution in [3.05, 3.63) is 65.3 Å². The highest BCUT2D eigenvalue weighted by atomic mass is 35.5. The van der Waals surface area contributed by atoms with Gasteiger partial charge in [-0.05, 0) is 35.9 Å². The van der Waals surface area contributed by atoms with Crippen molar-refractivity contribution in [1.82, 2.24) is 24.9 Å². The Hall–Kier alpha value is -2.77. The number of hydrogen-bond acceptors (Lipinski definition) is 6. The molecule has 0 saturated carbocycles. The maximum absolute atomic E-state index is 12.5. The third-order valence-electron chi connectivity index (χ3n) is 4.98. The molecule has 1 aromatic carbocycles. The summed E-state index contributed by atoms with van der Waals surface area (Å²) in [6, 6.07) is 11.3. The zero-order valence-corrected chi connectivity index (χ0v) is 16.8. The molecule has 0 bridgehead atoms. The van der Waals surface area contributed by atoms with Crippen LogP contribution in [0, 0.1) is 0 Å². The van der Waals surface area contributed by atoms with Crippen molar-refractivity contribution in [3.8, 4) is 11.4 Å². The smallest absolute Gasteiger partial charge is 0.227 e. The number of rotatable bonds is 6. The Labute approximate surface area is 174 Å². The number of nitrogens with zero attached hydrogens (tertiary/aromatic N) is 5. The van der Waals surface area contributed by atoms with E-state index in [1.165, 1.54) is 5.56 Å². The summed E-state index contributed by atoms with van der Waals surface area (Å²) in [4.78, 5) is 25.3. The van der Waals surface area contributed by atoms with E-state index in [0.717, 1.165) is 38.3 Å². The van der Waals surface area contributed by atoms with E-state index in [0.29, 0.717) is 29.6 Å². The summed E-state index contributed by atoms with van der Waals surface area (Å²) < 4.78 is 5.29. The van der Waals surface area contributed by atoms with Crippen LogP contribution in [0.2, 0.25) is 5.02 Å². The monoisotopic (exact) mass is 411 g/mol. The van der Waals surface area contributed by atoms with Gasteiger partial charge in [-0.1, -0.05) is 22.8 Å². The third kappa shape index (κ3) is 5.19. The lowest BCUT2D eigenvalue weighted by molar-refractivity contribution is -0.133. The molecule has 0 atom stereocenters. The van der Waals surface area contributed by atoms with Crippen molar-refractivity contribution < 1.29 is 9.32 Å². The van der Waals surface area contributed by atoms with Gasteiger partial charge < -0.3 is 9.42 Å². The molecule has 0 N–H and O–H groups in total. The Morgan fingerprint density at radius 2 is 1.90 bits per heavy atom. The van der Waals surface area contributed by atoms with E-state index in [9.17, 15) is 4.79 Å². The molecule has 1 fully saturated rings. The number of carbonyl (C=O) groups is 1. The van der Waals surface area contributed by atoms with Crippen LogP contribution in [0.5, 0.6) is 0 Å². The highest BCUT2D eigenvalue weighted by Crippen LogP contribution is 2.19. The minimum absolute atomic E-state index is 0.122. The van der Waals surface area contributed by atoms with Gasteiger partial charge in [0.15, 0.2) is 0 Å². The summed E-state index contributed by atoms with van der Waals surface area (Å²) in [5.41, 5.74) is 2.03. The molecule has 29 heavy (non-hydrogen) atoms. The second-order valence-corrected chi connectivity index (χ2v) is 7.47. The minimum Gasteiger partial charge on any atom is -0.340 e. The largest absolute Gasteiger partial charge is 0.340 e. The molecule has 1 saturated heterocycles. The molecule has 0 radical (unpaired) electrons. The van der Waals surface area contributed by atoms with Gasteiger partial charge in [0.1, 0.15) is 0 Å². The fourth-order valence-corrected chi connectivity index (χ4v) is 3.48. The van der Waals surface area contributed by atoms with Crippen molar-refractivity contribution in [2.24, 2.45) is 0 Å². The lowest BCUT2D eigenvalue weighted by atomic mass is 10.2. The number of aryl methyl sites for hydroxylation is 1. The van der Waals surface area contributed by atoms with E-state index < -0.39 is 0 Å². The first-order valence-corrected chi connectivity index (χ1v) is 10.0. The first-order chi connectivity index (χ1) is 14.2. The summed E-state index contributed by atoms with van der Waals surface area (Å²) in [7, 11) is 0. The van der Waals surface area contributed by atoms with E-state index in [-0.39, 0.29) is 5.91 Å². The topological polar surface area (TPSA) is 75.4 Å². The number of piperazine rings is 1. The second-order valence-electron chi connectivity index (χ2n) is 7.04. The van der Waals surface area contributed by atoms with E-state index in [4.69, 9.17) is 16.1 Å². The minimum atomic E-state index is 0.122. The quantitative estimate of drug-likeness (QED) is 0.620. The Balaban J connectivity index is 1.24. The van der Waals surface area contributed by atoms with Crippen molar-refractivity contribution in [1.29, 1.82) is 0 Å². The Morgan fingerprint density at radius 1 is 1.10 bits per heavy atom. The summed E-state index contributed by atoms with van der Waals surface area (Å²) in [5.74, 6) is 1.10. The number of amides is 1. The lowest BCUT2D eigenvalue weighted by Crippen LogP contribution is -2.48. The maximum Gasteiger partial charge on any atom is 0.227 e. The molecule has 150 valence electrons. The van der Waals surface area contributed by atoms with Crippen LogP contribution >= 0.6 is 11.6 Å². The highest BCUT2D eigenvalue weighted by molar-refractivity contribution is 6.30. The van der Waals surface area contributed by atoms with Crippen LogP contribution in [-0.4, -0.2) is 57.0 Å². The van der Waals surface area contributed by atoms with Gasteiger partial charge in [0, 0.05) is 68.5 Å². The van der Waals surface area contributed by atoms with Gasteiger partial charge in [-0.2, -0.15) is 4.98 Å². The number of benzene rings is 1. The van der Waals surface area contributed by atoms with Gasteiger partial charge in [-0.15, -0.1) is 0 Å². The predicted octanol–water partition coefficient (Wildman–Crippen LogP) is 3.06. The Bertz CT molecular complexity index is 937. The number of halogens is 1. The SMILES string of the molecule is O=C(CCc1nc(-c2ccc(Cl)cc2)no1)N1CCN(Cc2cccnc2)CC1. The van der Waals surface area contributed by atoms with Crippen LogP contribution in [-0.2, 0) is 17.8 Å². The zero-order valence-electron chi connectivity index (χ0n) is 16.0. The normalized spacial score (nSPS) is 14.9. The molecule has 1 aliphatic heterocycles. The number of pyridine rings is 1. The fraction of sp³-hybridized carbons (Fsp3) is 0.333. The molecular weight excluding hydrogens is 390 g/mol. The third-order valence-corrected chi connectivity index (χ3v) is 5.23. The molecule has 3 heterocycles. The molecule has 7 nitrogen and oxygen atoms in total. The standard InChI is InChI=1S/C21H22ClN5O2/c22-18-5-3-17(4-6-18)21-24-19(29-25-21)7-8-20(28)27-12-10-26(11-13-27)15-16-2-1-9-23-14-16/h1-6,9,14H,7-8,10-13,15H2. The highest BCUT2D eigenvalue weighted by Gasteiger charge is 2.21. The molecule has 4 rings (SSSR count). The van der Waals surface area contributed by atoms with Crippen molar-refractivity contribution in [2.75, 3.05) is 26.2 Å². The molecule has 3 aromatic rings. The van der Waals surface area contributed by atoms with E-state index in [1.807, 2.05) is 29.3 Å². The molecule has 1 aliphatic rings. The van der Waals surface area contributed by atoms with Gasteiger partial charge in [0.2, 0.25) is 17.6 Å². The molecular formula is C21H22ClN5O2. The fourth-order valence-electron chi connectivity index (χ4n) is 3.35. The zero-order chi connectivity index (χ0) is 20.1. The molecule has 2 aromatic heterocycles. The van der Waals surface area contributed by atoms with E-state index in [1.54, 1.807) is 18.3 Å². The van der Waals surface area contributed by atoms with E-state index in [2.05, 4.69) is 26.1 Å². The molecule has 0 unspecified atom stereocenters. The van der Waals surface area contributed by atoms with Crippen molar-refractivity contribution in [3.63, 3.8) is 0 Å². The van der Waals surface area contributed by atoms with Crippen LogP contribution in [0.15, 0.2) is 53.3 Å². The van der Waals surface area contributed by atoms with Crippen molar-refractivity contribution >= 4 is 17.5 Å². The summed E-state index contributed by atoms with van der Waals surface area (Å²) >= 11 is 5.90. The first kappa shape index (κ1) is 19.5. The average molecular weight is 412 g/mol.